The third-order valence-corrected chi connectivity index (χ3v) is 9.67. The van der Waals surface area contributed by atoms with E-state index < -0.39 is 5.60 Å². The highest BCUT2D eigenvalue weighted by atomic mass is 32.1. The summed E-state index contributed by atoms with van der Waals surface area (Å²) in [6, 6.07) is 8.32. The number of likely N-dealkylation sites (tertiary alicyclic amines) is 1. The Labute approximate surface area is 252 Å². The van der Waals surface area contributed by atoms with Gasteiger partial charge in [0.05, 0.1) is 5.71 Å². The monoisotopic (exact) mass is 585 g/mol. The fourth-order valence-corrected chi connectivity index (χ4v) is 7.49. The van der Waals surface area contributed by atoms with Gasteiger partial charge in [-0.2, -0.15) is 0 Å². The number of hydrogen-bond acceptors (Lipinski definition) is 7. The number of benzene rings is 1. The first-order valence-electron chi connectivity index (χ1n) is 14.7. The van der Waals surface area contributed by atoms with E-state index in [9.17, 15) is 4.79 Å². The molecule has 0 bridgehead atoms. The Morgan fingerprint density at radius 3 is 2.50 bits per heavy atom. The number of amides is 1. The molecule has 6 rings (SSSR count). The summed E-state index contributed by atoms with van der Waals surface area (Å²) in [5.41, 5.74) is 5.22. The van der Waals surface area contributed by atoms with Crippen LogP contribution in [0.2, 0.25) is 0 Å². The van der Waals surface area contributed by atoms with Gasteiger partial charge in [0, 0.05) is 66.1 Å². The van der Waals surface area contributed by atoms with E-state index in [1.54, 1.807) is 18.4 Å². The maximum Gasteiger partial charge on any atom is 0.410 e. The van der Waals surface area contributed by atoms with E-state index in [1.807, 2.05) is 32.6 Å². The van der Waals surface area contributed by atoms with Crippen LogP contribution in [0.4, 0.5) is 4.79 Å². The molecule has 2 aromatic heterocycles. The van der Waals surface area contributed by atoms with Crippen LogP contribution in [0.1, 0.15) is 84.9 Å². The van der Waals surface area contributed by atoms with Crippen molar-refractivity contribution in [1.29, 1.82) is 0 Å². The second-order valence-corrected chi connectivity index (χ2v) is 14.2. The van der Waals surface area contributed by atoms with Crippen LogP contribution in [0, 0.1) is 43.9 Å². The molecule has 220 valence electrons. The lowest BCUT2D eigenvalue weighted by atomic mass is 9.58. The minimum atomic E-state index is -0.457. The van der Waals surface area contributed by atoms with Crippen molar-refractivity contribution in [1.82, 2.24) is 19.7 Å². The van der Waals surface area contributed by atoms with Gasteiger partial charge in [0.15, 0.2) is 5.82 Å². The zero-order valence-electron chi connectivity index (χ0n) is 25.6. The number of hydrogen-bond donors (Lipinski definition) is 0. The molecule has 1 aliphatic carbocycles. The molecule has 2 fully saturated rings. The summed E-state index contributed by atoms with van der Waals surface area (Å²) in [7, 11) is 1.72. The van der Waals surface area contributed by atoms with Crippen LogP contribution in [0.25, 0.3) is 5.00 Å². The minimum Gasteiger partial charge on any atom is -0.444 e. The van der Waals surface area contributed by atoms with Crippen LogP contribution in [0.3, 0.4) is 0 Å². The van der Waals surface area contributed by atoms with Crippen molar-refractivity contribution in [2.24, 2.45) is 16.3 Å². The van der Waals surface area contributed by atoms with E-state index in [0.717, 1.165) is 71.4 Å². The molecule has 8 nitrogen and oxygen atoms in total. The largest absolute Gasteiger partial charge is 0.444 e. The molecule has 4 heterocycles. The van der Waals surface area contributed by atoms with E-state index >= 15 is 0 Å². The third kappa shape index (κ3) is 5.27. The van der Waals surface area contributed by atoms with Crippen molar-refractivity contribution < 1.29 is 14.3 Å². The molecule has 1 atom stereocenters. The fraction of sp³-hybridized carbons (Fsp3) is 0.515. The molecule has 1 saturated carbocycles. The van der Waals surface area contributed by atoms with Crippen molar-refractivity contribution in [3.8, 4) is 16.8 Å². The van der Waals surface area contributed by atoms with Crippen LogP contribution in [-0.2, 0) is 9.47 Å². The summed E-state index contributed by atoms with van der Waals surface area (Å²) >= 11 is 1.77. The molecule has 1 aromatic carbocycles. The minimum absolute atomic E-state index is 0.149. The summed E-state index contributed by atoms with van der Waals surface area (Å²) in [6.45, 7) is 14.2. The first-order chi connectivity index (χ1) is 20.0. The van der Waals surface area contributed by atoms with Crippen molar-refractivity contribution in [3.05, 3.63) is 63.0 Å². The molecule has 1 unspecified atom stereocenters. The SMILES string of the molecule is COCCC1N=C(c2ccc(C#CC3CC4(C3)CN(C(=O)OC(C)(C)C)C4)cc2)c2c(sc(C)c2C)-n2c(C)nnc21. The van der Waals surface area contributed by atoms with Crippen molar-refractivity contribution in [3.63, 3.8) is 0 Å². The molecule has 42 heavy (non-hydrogen) atoms. The van der Waals surface area contributed by atoms with Gasteiger partial charge in [0.25, 0.3) is 0 Å². The average Bonchev–Trinajstić information content (AvgIpc) is 3.36. The summed E-state index contributed by atoms with van der Waals surface area (Å²) in [5, 5.41) is 10.1. The Bertz CT molecular complexity index is 1600. The van der Waals surface area contributed by atoms with Gasteiger partial charge in [-0.05, 0) is 72.1 Å². The average molecular weight is 586 g/mol. The summed E-state index contributed by atoms with van der Waals surface area (Å²) in [4.78, 5) is 20.7. The number of carbonyl (C=O) groups excluding carboxylic acids is 1. The number of nitrogens with zero attached hydrogens (tertiary/aromatic N) is 5. The molecule has 3 aromatic rings. The second kappa shape index (κ2) is 10.7. The maximum atomic E-state index is 12.3. The molecule has 3 aliphatic rings. The van der Waals surface area contributed by atoms with Crippen molar-refractivity contribution >= 4 is 23.1 Å². The number of methoxy groups -OCH3 is 1. The lowest BCUT2D eigenvalue weighted by molar-refractivity contribution is -0.0832. The van der Waals surface area contributed by atoms with Gasteiger partial charge in [0.1, 0.15) is 22.5 Å². The first-order valence-corrected chi connectivity index (χ1v) is 15.5. The predicted molar refractivity (Wildman–Crippen MR) is 165 cm³/mol. The highest BCUT2D eigenvalue weighted by Crippen LogP contribution is 2.52. The Kier molecular flexibility index (Phi) is 7.27. The van der Waals surface area contributed by atoms with Gasteiger partial charge in [0.2, 0.25) is 0 Å². The van der Waals surface area contributed by atoms with Gasteiger partial charge >= 0.3 is 6.09 Å². The Hall–Kier alpha value is -3.48. The predicted octanol–water partition coefficient (Wildman–Crippen LogP) is 6.18. The van der Waals surface area contributed by atoms with Crippen LogP contribution >= 0.6 is 11.3 Å². The van der Waals surface area contributed by atoms with E-state index in [1.165, 1.54) is 10.4 Å². The quantitative estimate of drug-likeness (QED) is 0.342. The number of fused-ring (bicyclic) bond motifs is 3. The summed E-state index contributed by atoms with van der Waals surface area (Å²) in [5.74, 6) is 8.98. The topological polar surface area (TPSA) is 81.8 Å². The van der Waals surface area contributed by atoms with Crippen molar-refractivity contribution in [2.75, 3.05) is 26.8 Å². The number of ether oxygens (including phenoxy) is 2. The lowest BCUT2D eigenvalue weighted by Gasteiger charge is -2.57. The third-order valence-electron chi connectivity index (χ3n) is 8.48. The molecular formula is C33H39N5O3S. The van der Waals surface area contributed by atoms with E-state index in [-0.39, 0.29) is 17.6 Å². The molecule has 1 amide bonds. The smallest absolute Gasteiger partial charge is 0.410 e. The number of aliphatic imine (C=N–C) groups is 1. The number of rotatable bonds is 4. The maximum absolute atomic E-state index is 12.3. The molecule has 1 saturated heterocycles. The second-order valence-electron chi connectivity index (χ2n) is 13.0. The fourth-order valence-electron chi connectivity index (χ4n) is 6.27. The Morgan fingerprint density at radius 1 is 1.12 bits per heavy atom. The molecule has 1 spiro atoms. The van der Waals surface area contributed by atoms with Gasteiger partial charge < -0.3 is 14.4 Å². The van der Waals surface area contributed by atoms with Crippen LogP contribution in [-0.4, -0.2) is 63.9 Å². The van der Waals surface area contributed by atoms with E-state index in [2.05, 4.69) is 64.7 Å². The first kappa shape index (κ1) is 28.6. The zero-order chi connectivity index (χ0) is 29.8. The summed E-state index contributed by atoms with van der Waals surface area (Å²) in [6.07, 6.45) is 2.61. The van der Waals surface area contributed by atoms with Crippen LogP contribution in [0.5, 0.6) is 0 Å². The highest BCUT2D eigenvalue weighted by molar-refractivity contribution is 7.15. The molecular weight excluding hydrogens is 546 g/mol. The number of aromatic nitrogens is 3. The number of aryl methyl sites for hydroxylation is 2. The summed E-state index contributed by atoms with van der Waals surface area (Å²) < 4.78 is 13.1. The molecule has 0 N–H and O–H groups in total. The van der Waals surface area contributed by atoms with Gasteiger partial charge in [-0.25, -0.2) is 4.79 Å². The highest BCUT2D eigenvalue weighted by Gasteiger charge is 2.54. The standard InChI is InChI=1S/C33H39N5O3S/c1-20-21(2)42-30-27(20)28(34-26(14-15-40-7)29-36-35-22(3)38(29)30)25-12-10-23(11-13-25)8-9-24-16-33(17-24)18-37(19-33)31(39)41-32(4,5)6/h10-13,24,26H,14-19H2,1-7H3. The molecule has 2 aliphatic heterocycles. The lowest BCUT2D eigenvalue weighted by Crippen LogP contribution is -2.64. The van der Waals surface area contributed by atoms with Gasteiger partial charge in [-0.3, -0.25) is 9.56 Å². The van der Waals surface area contributed by atoms with Crippen molar-refractivity contribution in [2.45, 2.75) is 72.4 Å². The van der Waals surface area contributed by atoms with E-state index in [4.69, 9.17) is 14.5 Å². The normalized spacial score (nSPS) is 19.1. The molecule has 9 heteroatoms. The number of thiophene rings is 1. The Morgan fingerprint density at radius 2 is 1.83 bits per heavy atom. The van der Waals surface area contributed by atoms with Gasteiger partial charge in [-0.15, -0.1) is 21.5 Å². The van der Waals surface area contributed by atoms with E-state index in [0.29, 0.717) is 12.5 Å². The zero-order valence-corrected chi connectivity index (χ0v) is 26.4. The Balaban J connectivity index is 1.18. The number of carbonyl (C=O) groups is 1. The van der Waals surface area contributed by atoms with Crippen LogP contribution in [0.15, 0.2) is 29.3 Å². The van der Waals surface area contributed by atoms with Gasteiger partial charge in [-0.1, -0.05) is 24.0 Å². The van der Waals surface area contributed by atoms with Crippen LogP contribution < -0.4 is 0 Å². The molecule has 0 radical (unpaired) electrons.